The molecule has 0 saturated carbocycles. The second kappa shape index (κ2) is 7.26. The van der Waals surface area contributed by atoms with Gasteiger partial charge in [-0.05, 0) is 12.1 Å². The maximum atomic E-state index is 12.2. The number of rotatable bonds is 6. The van der Waals surface area contributed by atoms with Crippen LogP contribution in [0.25, 0.3) is 0 Å². The Kier molecular flexibility index (Phi) is 5.38. The van der Waals surface area contributed by atoms with E-state index in [2.05, 4.69) is 24.1 Å². The summed E-state index contributed by atoms with van der Waals surface area (Å²) in [6, 6.07) is 5.27. The van der Waals surface area contributed by atoms with Crippen LogP contribution in [0.5, 0.6) is 11.5 Å². The van der Waals surface area contributed by atoms with Crippen molar-refractivity contribution in [3.63, 3.8) is 0 Å². The van der Waals surface area contributed by atoms with Gasteiger partial charge in [-0.2, -0.15) is 0 Å². The molecule has 5 nitrogen and oxygen atoms in total. The van der Waals surface area contributed by atoms with Crippen LogP contribution in [0.1, 0.15) is 30.5 Å². The summed E-state index contributed by atoms with van der Waals surface area (Å²) >= 11 is 1.59. The third-order valence-corrected chi connectivity index (χ3v) is 4.28. The molecule has 0 spiro atoms. The van der Waals surface area contributed by atoms with E-state index in [1.54, 1.807) is 43.8 Å². The number of thiazole rings is 1. The lowest BCUT2D eigenvalue weighted by Crippen LogP contribution is -2.15. The number of benzene rings is 1. The van der Waals surface area contributed by atoms with Crippen molar-refractivity contribution in [3.05, 3.63) is 34.3 Å². The van der Waals surface area contributed by atoms with E-state index in [0.717, 1.165) is 10.7 Å². The molecule has 1 aromatic heterocycles. The van der Waals surface area contributed by atoms with Gasteiger partial charge in [0.1, 0.15) is 11.5 Å². The Morgan fingerprint density at radius 1 is 1.32 bits per heavy atom. The zero-order chi connectivity index (χ0) is 16.1. The van der Waals surface area contributed by atoms with Gasteiger partial charge < -0.3 is 14.8 Å². The Balaban J connectivity index is 2.05. The number of hydrogen-bond donors (Lipinski definition) is 1. The van der Waals surface area contributed by atoms with Gasteiger partial charge in [0.25, 0.3) is 0 Å². The number of carbonyl (C=O) groups is 1. The molecule has 2 rings (SSSR count). The van der Waals surface area contributed by atoms with Crippen molar-refractivity contribution in [1.82, 2.24) is 4.98 Å². The lowest BCUT2D eigenvalue weighted by atomic mass is 10.2. The van der Waals surface area contributed by atoms with Crippen molar-refractivity contribution in [2.24, 2.45) is 0 Å². The Bertz CT molecular complexity index is 653. The highest BCUT2D eigenvalue weighted by Gasteiger charge is 2.12. The molecule has 0 fully saturated rings. The number of hydrogen-bond acceptors (Lipinski definition) is 5. The summed E-state index contributed by atoms with van der Waals surface area (Å²) in [5.74, 6) is 1.50. The fourth-order valence-electron chi connectivity index (χ4n) is 1.93. The van der Waals surface area contributed by atoms with E-state index in [1.807, 2.05) is 5.38 Å². The fourth-order valence-corrected chi connectivity index (χ4v) is 2.76. The van der Waals surface area contributed by atoms with Crippen LogP contribution >= 0.6 is 11.3 Å². The van der Waals surface area contributed by atoms with Crippen LogP contribution in [-0.4, -0.2) is 25.1 Å². The van der Waals surface area contributed by atoms with Gasteiger partial charge in [-0.25, -0.2) is 4.98 Å². The van der Waals surface area contributed by atoms with Crippen LogP contribution in [0.2, 0.25) is 0 Å². The molecule has 118 valence electrons. The zero-order valence-electron chi connectivity index (χ0n) is 13.2. The smallest absolute Gasteiger partial charge is 0.230 e. The van der Waals surface area contributed by atoms with Crippen molar-refractivity contribution in [2.45, 2.75) is 26.2 Å². The molecule has 0 aliphatic heterocycles. The molecule has 1 heterocycles. The summed E-state index contributed by atoms with van der Waals surface area (Å²) in [6.07, 6.45) is 0.248. The van der Waals surface area contributed by atoms with Crippen LogP contribution in [0, 0.1) is 0 Å². The zero-order valence-corrected chi connectivity index (χ0v) is 14.0. The average molecular weight is 320 g/mol. The van der Waals surface area contributed by atoms with Crippen LogP contribution in [-0.2, 0) is 11.2 Å². The molecule has 0 bridgehead atoms. The van der Waals surface area contributed by atoms with Crippen LogP contribution in [0.4, 0.5) is 5.69 Å². The van der Waals surface area contributed by atoms with Crippen LogP contribution in [0.15, 0.2) is 23.6 Å². The number of aromatic nitrogens is 1. The normalized spacial score (nSPS) is 10.6. The maximum absolute atomic E-state index is 12.2. The highest BCUT2D eigenvalue weighted by Crippen LogP contribution is 2.29. The van der Waals surface area contributed by atoms with Gasteiger partial charge in [0, 0.05) is 17.4 Å². The minimum absolute atomic E-state index is 0.121. The predicted octanol–water partition coefficient (Wildman–Crippen LogP) is 3.46. The third kappa shape index (κ3) is 3.98. The highest BCUT2D eigenvalue weighted by molar-refractivity contribution is 7.09. The third-order valence-electron chi connectivity index (χ3n) is 3.09. The van der Waals surface area contributed by atoms with Crippen molar-refractivity contribution >= 4 is 22.9 Å². The van der Waals surface area contributed by atoms with Gasteiger partial charge in [0.15, 0.2) is 0 Å². The van der Waals surface area contributed by atoms with E-state index < -0.39 is 0 Å². The molecule has 1 aromatic carbocycles. The number of nitrogens with zero attached hydrogens (tertiary/aromatic N) is 1. The number of amides is 1. The molecule has 6 heteroatoms. The van der Waals surface area contributed by atoms with Crippen molar-refractivity contribution in [1.29, 1.82) is 0 Å². The number of methoxy groups -OCH3 is 2. The molecule has 0 saturated heterocycles. The molecular weight excluding hydrogens is 300 g/mol. The van der Waals surface area contributed by atoms with Gasteiger partial charge in [-0.3, -0.25) is 4.79 Å². The minimum atomic E-state index is -0.121. The van der Waals surface area contributed by atoms with Crippen molar-refractivity contribution < 1.29 is 14.3 Å². The lowest BCUT2D eigenvalue weighted by molar-refractivity contribution is -0.115. The SMILES string of the molecule is COc1ccc(NC(=O)Cc2csc(C(C)C)n2)c(OC)c1. The summed E-state index contributed by atoms with van der Waals surface area (Å²) in [5, 5.41) is 5.82. The van der Waals surface area contributed by atoms with Crippen molar-refractivity contribution in [3.8, 4) is 11.5 Å². The molecule has 22 heavy (non-hydrogen) atoms. The van der Waals surface area contributed by atoms with Gasteiger partial charge in [-0.1, -0.05) is 13.8 Å². The Morgan fingerprint density at radius 2 is 2.09 bits per heavy atom. The molecular formula is C16H20N2O3S. The van der Waals surface area contributed by atoms with Crippen molar-refractivity contribution in [2.75, 3.05) is 19.5 Å². The van der Waals surface area contributed by atoms with E-state index in [1.165, 1.54) is 0 Å². The summed E-state index contributed by atoms with van der Waals surface area (Å²) in [4.78, 5) is 16.6. The Morgan fingerprint density at radius 3 is 2.68 bits per heavy atom. The summed E-state index contributed by atoms with van der Waals surface area (Å²) in [6.45, 7) is 4.18. The second-order valence-electron chi connectivity index (χ2n) is 5.12. The van der Waals surface area contributed by atoms with E-state index in [-0.39, 0.29) is 12.3 Å². The molecule has 2 aromatic rings. The summed E-state index contributed by atoms with van der Waals surface area (Å²) in [5.41, 5.74) is 1.41. The molecule has 0 unspecified atom stereocenters. The molecule has 0 atom stereocenters. The second-order valence-corrected chi connectivity index (χ2v) is 6.01. The lowest BCUT2D eigenvalue weighted by Gasteiger charge is -2.11. The fraction of sp³-hybridized carbons (Fsp3) is 0.375. The molecule has 1 amide bonds. The predicted molar refractivity (Wildman–Crippen MR) is 88.1 cm³/mol. The number of ether oxygens (including phenoxy) is 2. The first-order valence-electron chi connectivity index (χ1n) is 6.99. The van der Waals surface area contributed by atoms with E-state index >= 15 is 0 Å². The Hall–Kier alpha value is -2.08. The number of anilines is 1. The summed E-state index contributed by atoms with van der Waals surface area (Å²) in [7, 11) is 3.14. The average Bonchev–Trinajstić information content (AvgIpc) is 2.96. The highest BCUT2D eigenvalue weighted by atomic mass is 32.1. The molecule has 1 N–H and O–H groups in total. The number of nitrogens with one attached hydrogen (secondary N) is 1. The van der Waals surface area contributed by atoms with Crippen LogP contribution in [0.3, 0.4) is 0 Å². The van der Waals surface area contributed by atoms with E-state index in [9.17, 15) is 4.79 Å². The van der Waals surface area contributed by atoms with E-state index in [0.29, 0.717) is 23.1 Å². The first kappa shape index (κ1) is 16.3. The van der Waals surface area contributed by atoms with Gasteiger partial charge >= 0.3 is 0 Å². The summed E-state index contributed by atoms with van der Waals surface area (Å²) < 4.78 is 10.4. The first-order valence-corrected chi connectivity index (χ1v) is 7.87. The topological polar surface area (TPSA) is 60.5 Å². The van der Waals surface area contributed by atoms with E-state index in [4.69, 9.17) is 9.47 Å². The van der Waals surface area contributed by atoms with Gasteiger partial charge in [-0.15, -0.1) is 11.3 Å². The monoisotopic (exact) mass is 320 g/mol. The van der Waals surface area contributed by atoms with Crippen LogP contribution < -0.4 is 14.8 Å². The van der Waals surface area contributed by atoms with Gasteiger partial charge in [0.2, 0.25) is 5.91 Å². The van der Waals surface area contributed by atoms with Gasteiger partial charge in [0.05, 0.1) is 37.0 Å². The maximum Gasteiger partial charge on any atom is 0.230 e. The standard InChI is InChI=1S/C16H20N2O3S/c1-10(2)16-17-11(9-22-16)7-15(19)18-13-6-5-12(20-3)8-14(13)21-4/h5-6,8-10H,7H2,1-4H3,(H,18,19). The largest absolute Gasteiger partial charge is 0.497 e. The Labute approximate surface area is 134 Å². The molecule has 0 aliphatic carbocycles. The first-order chi connectivity index (χ1) is 10.5. The minimum Gasteiger partial charge on any atom is -0.497 e. The number of carbonyl (C=O) groups excluding carboxylic acids is 1. The molecule has 0 radical (unpaired) electrons. The molecule has 0 aliphatic rings. The quantitative estimate of drug-likeness (QED) is 0.885.